The van der Waals surface area contributed by atoms with Gasteiger partial charge in [0.25, 0.3) is 0 Å². The van der Waals surface area contributed by atoms with Crippen LogP contribution in [0, 0.1) is 0 Å². The van der Waals surface area contributed by atoms with Gasteiger partial charge in [0.2, 0.25) is 5.88 Å². The van der Waals surface area contributed by atoms with Gasteiger partial charge in [0, 0.05) is 44.2 Å². The molecule has 0 radical (unpaired) electrons. The standard InChI is InChI=1S/C13H18N4O/c1-17-6-5-15-12(17)8-11(14)7-10-3-4-13(18-2)16-9-10/h3-6,9,11H,7-8,14H2,1-2H3. The molecule has 2 heterocycles. The normalized spacial score (nSPS) is 12.4. The lowest BCUT2D eigenvalue weighted by Crippen LogP contribution is -2.27. The van der Waals surface area contributed by atoms with E-state index in [-0.39, 0.29) is 6.04 Å². The van der Waals surface area contributed by atoms with Gasteiger partial charge in [0.1, 0.15) is 5.82 Å². The van der Waals surface area contributed by atoms with Crippen LogP contribution in [0.4, 0.5) is 0 Å². The molecule has 2 rings (SSSR count). The van der Waals surface area contributed by atoms with E-state index in [9.17, 15) is 0 Å². The number of nitrogens with two attached hydrogens (primary N) is 1. The first-order valence-corrected chi connectivity index (χ1v) is 5.89. The minimum Gasteiger partial charge on any atom is -0.481 e. The van der Waals surface area contributed by atoms with Crippen molar-refractivity contribution in [2.24, 2.45) is 12.8 Å². The molecular weight excluding hydrogens is 228 g/mol. The Morgan fingerprint density at radius 1 is 1.33 bits per heavy atom. The van der Waals surface area contributed by atoms with Crippen LogP contribution in [0.5, 0.6) is 5.88 Å². The average molecular weight is 246 g/mol. The lowest BCUT2D eigenvalue weighted by molar-refractivity contribution is 0.397. The first-order valence-electron chi connectivity index (χ1n) is 5.89. The Hall–Kier alpha value is -1.88. The van der Waals surface area contributed by atoms with Gasteiger partial charge < -0.3 is 15.0 Å². The van der Waals surface area contributed by atoms with Gasteiger partial charge in [-0.05, 0) is 12.0 Å². The molecule has 0 saturated carbocycles. The summed E-state index contributed by atoms with van der Waals surface area (Å²) in [4.78, 5) is 8.44. The zero-order valence-corrected chi connectivity index (χ0v) is 10.7. The number of rotatable bonds is 5. The summed E-state index contributed by atoms with van der Waals surface area (Å²) in [5, 5.41) is 0. The van der Waals surface area contributed by atoms with E-state index in [1.807, 2.05) is 29.9 Å². The van der Waals surface area contributed by atoms with Crippen LogP contribution in [0.3, 0.4) is 0 Å². The SMILES string of the molecule is COc1ccc(CC(N)Cc2nccn2C)cn1. The van der Waals surface area contributed by atoms with E-state index < -0.39 is 0 Å². The molecule has 0 fully saturated rings. The molecule has 2 aromatic heterocycles. The smallest absolute Gasteiger partial charge is 0.212 e. The zero-order chi connectivity index (χ0) is 13.0. The maximum atomic E-state index is 6.12. The predicted octanol–water partition coefficient (Wildman–Crippen LogP) is 0.936. The van der Waals surface area contributed by atoms with Crippen LogP contribution < -0.4 is 10.5 Å². The number of pyridine rings is 1. The molecule has 96 valence electrons. The molecule has 0 bridgehead atoms. The van der Waals surface area contributed by atoms with Crippen molar-refractivity contribution in [1.29, 1.82) is 0 Å². The molecule has 1 unspecified atom stereocenters. The Morgan fingerprint density at radius 2 is 2.17 bits per heavy atom. The number of hydrogen-bond donors (Lipinski definition) is 1. The number of hydrogen-bond acceptors (Lipinski definition) is 4. The van der Waals surface area contributed by atoms with Gasteiger partial charge in [-0.15, -0.1) is 0 Å². The van der Waals surface area contributed by atoms with E-state index in [2.05, 4.69) is 9.97 Å². The van der Waals surface area contributed by atoms with E-state index in [4.69, 9.17) is 10.5 Å². The van der Waals surface area contributed by atoms with Gasteiger partial charge in [-0.2, -0.15) is 0 Å². The van der Waals surface area contributed by atoms with Crippen molar-refractivity contribution in [2.45, 2.75) is 18.9 Å². The first-order chi connectivity index (χ1) is 8.69. The van der Waals surface area contributed by atoms with E-state index >= 15 is 0 Å². The molecule has 0 aliphatic carbocycles. The number of methoxy groups -OCH3 is 1. The molecule has 0 saturated heterocycles. The van der Waals surface area contributed by atoms with Crippen LogP contribution in [0.15, 0.2) is 30.7 Å². The Bertz CT molecular complexity index is 492. The van der Waals surface area contributed by atoms with Crippen molar-refractivity contribution in [3.63, 3.8) is 0 Å². The van der Waals surface area contributed by atoms with Gasteiger partial charge in [-0.25, -0.2) is 9.97 Å². The van der Waals surface area contributed by atoms with Gasteiger partial charge in [-0.1, -0.05) is 6.07 Å². The van der Waals surface area contributed by atoms with Crippen molar-refractivity contribution in [3.8, 4) is 5.88 Å². The van der Waals surface area contributed by atoms with Crippen molar-refractivity contribution in [3.05, 3.63) is 42.1 Å². The van der Waals surface area contributed by atoms with Crippen LogP contribution in [0.1, 0.15) is 11.4 Å². The van der Waals surface area contributed by atoms with Crippen molar-refractivity contribution < 1.29 is 4.74 Å². The number of ether oxygens (including phenoxy) is 1. The molecule has 18 heavy (non-hydrogen) atoms. The van der Waals surface area contributed by atoms with Crippen LogP contribution in [-0.2, 0) is 19.9 Å². The second-order valence-electron chi connectivity index (χ2n) is 4.33. The highest BCUT2D eigenvalue weighted by atomic mass is 16.5. The highest BCUT2D eigenvalue weighted by Crippen LogP contribution is 2.09. The summed E-state index contributed by atoms with van der Waals surface area (Å²) in [5.74, 6) is 1.63. The minimum atomic E-state index is 0.0429. The molecule has 2 N–H and O–H groups in total. The summed E-state index contributed by atoms with van der Waals surface area (Å²) < 4.78 is 7.01. The summed E-state index contributed by atoms with van der Waals surface area (Å²) in [6, 6.07) is 3.88. The lowest BCUT2D eigenvalue weighted by atomic mass is 10.1. The van der Waals surface area contributed by atoms with E-state index in [0.717, 1.165) is 24.2 Å². The number of aromatic nitrogens is 3. The largest absolute Gasteiger partial charge is 0.481 e. The highest BCUT2D eigenvalue weighted by Gasteiger charge is 2.09. The van der Waals surface area contributed by atoms with Crippen molar-refractivity contribution in [1.82, 2.24) is 14.5 Å². The predicted molar refractivity (Wildman–Crippen MR) is 69.4 cm³/mol. The second kappa shape index (κ2) is 5.64. The zero-order valence-electron chi connectivity index (χ0n) is 10.7. The van der Waals surface area contributed by atoms with E-state index in [1.54, 1.807) is 19.5 Å². The molecule has 0 aliphatic rings. The fourth-order valence-corrected chi connectivity index (χ4v) is 1.86. The number of nitrogens with zero attached hydrogens (tertiary/aromatic N) is 3. The average Bonchev–Trinajstić information content (AvgIpc) is 2.76. The van der Waals surface area contributed by atoms with Crippen LogP contribution in [-0.4, -0.2) is 27.7 Å². The fourth-order valence-electron chi connectivity index (χ4n) is 1.86. The third-order valence-corrected chi connectivity index (χ3v) is 2.87. The Kier molecular flexibility index (Phi) is 3.94. The van der Waals surface area contributed by atoms with Crippen LogP contribution in [0.2, 0.25) is 0 Å². The third kappa shape index (κ3) is 3.07. The fraction of sp³-hybridized carbons (Fsp3) is 0.385. The summed E-state index contributed by atoms with van der Waals surface area (Å²) in [5.41, 5.74) is 7.23. The summed E-state index contributed by atoms with van der Waals surface area (Å²) in [6.45, 7) is 0. The molecule has 0 spiro atoms. The van der Waals surface area contributed by atoms with Crippen LogP contribution >= 0.6 is 0 Å². The number of aryl methyl sites for hydroxylation is 1. The van der Waals surface area contributed by atoms with Crippen molar-refractivity contribution in [2.75, 3.05) is 7.11 Å². The molecule has 1 atom stereocenters. The molecular formula is C13H18N4O. The Morgan fingerprint density at radius 3 is 2.72 bits per heavy atom. The van der Waals surface area contributed by atoms with Gasteiger partial charge in [-0.3, -0.25) is 0 Å². The highest BCUT2D eigenvalue weighted by molar-refractivity contribution is 5.18. The topological polar surface area (TPSA) is 66.0 Å². The molecule has 0 amide bonds. The molecule has 2 aromatic rings. The Labute approximate surface area is 107 Å². The minimum absolute atomic E-state index is 0.0429. The number of imidazole rings is 1. The summed E-state index contributed by atoms with van der Waals surface area (Å²) in [6.07, 6.45) is 7.06. The van der Waals surface area contributed by atoms with Crippen molar-refractivity contribution >= 4 is 0 Å². The molecule has 5 nitrogen and oxygen atoms in total. The molecule has 5 heteroatoms. The Balaban J connectivity index is 1.94. The van der Waals surface area contributed by atoms with Gasteiger partial charge in [0.05, 0.1) is 7.11 Å². The maximum absolute atomic E-state index is 6.12. The second-order valence-corrected chi connectivity index (χ2v) is 4.33. The third-order valence-electron chi connectivity index (χ3n) is 2.87. The van der Waals surface area contributed by atoms with Gasteiger partial charge in [0.15, 0.2) is 0 Å². The maximum Gasteiger partial charge on any atom is 0.212 e. The summed E-state index contributed by atoms with van der Waals surface area (Å²) in [7, 11) is 3.58. The lowest BCUT2D eigenvalue weighted by Gasteiger charge is -2.11. The molecule has 0 aromatic carbocycles. The van der Waals surface area contributed by atoms with Crippen LogP contribution in [0.25, 0.3) is 0 Å². The van der Waals surface area contributed by atoms with E-state index in [1.165, 1.54) is 0 Å². The van der Waals surface area contributed by atoms with E-state index in [0.29, 0.717) is 5.88 Å². The summed E-state index contributed by atoms with van der Waals surface area (Å²) >= 11 is 0. The monoisotopic (exact) mass is 246 g/mol. The van der Waals surface area contributed by atoms with Gasteiger partial charge >= 0.3 is 0 Å². The molecule has 0 aliphatic heterocycles. The quantitative estimate of drug-likeness (QED) is 0.852. The first kappa shape index (κ1) is 12.6.